The Bertz CT molecular complexity index is 362. The predicted molar refractivity (Wildman–Crippen MR) is 68.1 cm³/mol. The number of hydrogen-bond acceptors (Lipinski definition) is 1. The third-order valence-corrected chi connectivity index (χ3v) is 2.59. The summed E-state index contributed by atoms with van der Waals surface area (Å²) in [6.07, 6.45) is 1.08. The topological polar surface area (TPSA) is 12.4 Å². The SMILES string of the molecule is C/C(CC(C)C)=N/c1cccc(C)c1C. The van der Waals surface area contributed by atoms with E-state index in [4.69, 9.17) is 0 Å². The molecule has 0 amide bonds. The molecule has 0 atom stereocenters. The molecule has 0 bridgehead atoms. The molecule has 0 unspecified atom stereocenters. The van der Waals surface area contributed by atoms with Gasteiger partial charge in [0.25, 0.3) is 0 Å². The summed E-state index contributed by atoms with van der Waals surface area (Å²) in [6, 6.07) is 6.29. The molecule has 82 valence electrons. The van der Waals surface area contributed by atoms with Gasteiger partial charge in [-0.25, -0.2) is 0 Å². The molecule has 1 rings (SSSR count). The van der Waals surface area contributed by atoms with Crippen molar-refractivity contribution < 1.29 is 0 Å². The van der Waals surface area contributed by atoms with Gasteiger partial charge in [-0.15, -0.1) is 0 Å². The molecule has 0 aliphatic heterocycles. The molecule has 0 aliphatic rings. The molecule has 1 aromatic rings. The lowest BCUT2D eigenvalue weighted by Gasteiger charge is -2.07. The average Bonchev–Trinajstić information content (AvgIpc) is 2.11. The third kappa shape index (κ3) is 3.50. The summed E-state index contributed by atoms with van der Waals surface area (Å²) in [5.74, 6) is 0.680. The van der Waals surface area contributed by atoms with Crippen LogP contribution in [0.15, 0.2) is 23.2 Å². The first-order valence-electron chi connectivity index (χ1n) is 5.61. The zero-order valence-corrected chi connectivity index (χ0v) is 10.5. The Morgan fingerprint density at radius 1 is 1.27 bits per heavy atom. The van der Waals surface area contributed by atoms with E-state index in [0.29, 0.717) is 5.92 Å². The summed E-state index contributed by atoms with van der Waals surface area (Å²) in [6.45, 7) is 10.8. The van der Waals surface area contributed by atoms with Crippen LogP contribution in [0.1, 0.15) is 38.3 Å². The van der Waals surface area contributed by atoms with E-state index in [1.807, 2.05) is 0 Å². The minimum Gasteiger partial charge on any atom is -0.258 e. The minimum atomic E-state index is 0.680. The molecule has 0 fully saturated rings. The summed E-state index contributed by atoms with van der Waals surface area (Å²) in [7, 11) is 0. The van der Waals surface area contributed by atoms with Crippen LogP contribution in [0.25, 0.3) is 0 Å². The summed E-state index contributed by atoms with van der Waals surface area (Å²) in [5.41, 5.74) is 4.95. The molecule has 0 spiro atoms. The smallest absolute Gasteiger partial charge is 0.0660 e. The van der Waals surface area contributed by atoms with Crippen LogP contribution >= 0.6 is 0 Å². The Balaban J connectivity index is 2.93. The summed E-state index contributed by atoms with van der Waals surface area (Å²) in [4.78, 5) is 4.68. The van der Waals surface area contributed by atoms with Crippen molar-refractivity contribution in [3.8, 4) is 0 Å². The van der Waals surface area contributed by atoms with E-state index in [1.54, 1.807) is 0 Å². The second-order valence-corrected chi connectivity index (χ2v) is 4.66. The molecule has 1 heteroatoms. The highest BCUT2D eigenvalue weighted by atomic mass is 14.7. The van der Waals surface area contributed by atoms with E-state index in [0.717, 1.165) is 12.1 Å². The van der Waals surface area contributed by atoms with E-state index in [9.17, 15) is 0 Å². The second kappa shape index (κ2) is 5.11. The lowest BCUT2D eigenvalue weighted by molar-refractivity contribution is 0.682. The lowest BCUT2D eigenvalue weighted by Crippen LogP contribution is -1.97. The van der Waals surface area contributed by atoms with Gasteiger partial charge in [0, 0.05) is 5.71 Å². The van der Waals surface area contributed by atoms with E-state index in [1.165, 1.54) is 16.8 Å². The van der Waals surface area contributed by atoms with Gasteiger partial charge >= 0.3 is 0 Å². The molecule has 0 aliphatic carbocycles. The van der Waals surface area contributed by atoms with Crippen molar-refractivity contribution in [3.05, 3.63) is 29.3 Å². The van der Waals surface area contributed by atoms with Crippen molar-refractivity contribution in [2.45, 2.75) is 41.0 Å². The standard InChI is InChI=1S/C14H21N/c1-10(2)9-12(4)15-14-8-6-7-11(3)13(14)5/h6-8,10H,9H2,1-5H3/b15-12-. The first-order chi connectivity index (χ1) is 7.00. The first kappa shape index (κ1) is 12.0. The van der Waals surface area contributed by atoms with Gasteiger partial charge in [0.05, 0.1) is 5.69 Å². The Labute approximate surface area is 93.2 Å². The van der Waals surface area contributed by atoms with Crippen LogP contribution in [0.2, 0.25) is 0 Å². The fourth-order valence-electron chi connectivity index (χ4n) is 1.70. The molecular formula is C14H21N. The molecule has 1 nitrogen and oxygen atoms in total. The molecule has 0 aromatic heterocycles. The molecule has 0 N–H and O–H groups in total. The summed E-state index contributed by atoms with van der Waals surface area (Å²) in [5, 5.41) is 0. The number of benzene rings is 1. The predicted octanol–water partition coefficient (Wildman–Crippen LogP) is 4.44. The average molecular weight is 203 g/mol. The van der Waals surface area contributed by atoms with Crippen LogP contribution in [-0.4, -0.2) is 5.71 Å². The van der Waals surface area contributed by atoms with Crippen molar-refractivity contribution in [3.63, 3.8) is 0 Å². The number of aliphatic imine (C=N–C) groups is 1. The second-order valence-electron chi connectivity index (χ2n) is 4.66. The maximum absolute atomic E-state index is 4.68. The maximum atomic E-state index is 4.68. The molecule has 0 saturated heterocycles. The van der Waals surface area contributed by atoms with Gasteiger partial charge in [-0.2, -0.15) is 0 Å². The Morgan fingerprint density at radius 3 is 2.53 bits per heavy atom. The fraction of sp³-hybridized carbons (Fsp3) is 0.500. The molecule has 0 heterocycles. The van der Waals surface area contributed by atoms with Gasteiger partial charge in [0.1, 0.15) is 0 Å². The molecule has 15 heavy (non-hydrogen) atoms. The number of aryl methyl sites for hydroxylation is 1. The van der Waals surface area contributed by atoms with Crippen molar-refractivity contribution >= 4 is 11.4 Å². The largest absolute Gasteiger partial charge is 0.258 e. The zero-order chi connectivity index (χ0) is 11.4. The van der Waals surface area contributed by atoms with Crippen molar-refractivity contribution in [2.24, 2.45) is 10.9 Å². The van der Waals surface area contributed by atoms with E-state index < -0.39 is 0 Å². The molecule has 1 aromatic carbocycles. The van der Waals surface area contributed by atoms with E-state index >= 15 is 0 Å². The lowest BCUT2D eigenvalue weighted by atomic mass is 10.1. The normalized spacial score (nSPS) is 12.3. The third-order valence-electron chi connectivity index (χ3n) is 2.59. The highest BCUT2D eigenvalue weighted by Crippen LogP contribution is 2.22. The number of rotatable bonds is 3. The highest BCUT2D eigenvalue weighted by Gasteiger charge is 2.01. The van der Waals surface area contributed by atoms with Gasteiger partial charge in [0.15, 0.2) is 0 Å². The van der Waals surface area contributed by atoms with Crippen LogP contribution in [-0.2, 0) is 0 Å². The quantitative estimate of drug-likeness (QED) is 0.644. The number of nitrogens with zero attached hydrogens (tertiary/aromatic N) is 1. The Kier molecular flexibility index (Phi) is 4.07. The maximum Gasteiger partial charge on any atom is 0.0660 e. The van der Waals surface area contributed by atoms with Crippen LogP contribution in [0.3, 0.4) is 0 Å². The van der Waals surface area contributed by atoms with Gasteiger partial charge in [-0.3, -0.25) is 4.99 Å². The number of hydrogen-bond donors (Lipinski definition) is 0. The zero-order valence-electron chi connectivity index (χ0n) is 10.5. The van der Waals surface area contributed by atoms with Crippen molar-refractivity contribution in [2.75, 3.05) is 0 Å². The van der Waals surface area contributed by atoms with Crippen molar-refractivity contribution in [1.29, 1.82) is 0 Å². The Morgan fingerprint density at radius 2 is 1.93 bits per heavy atom. The van der Waals surface area contributed by atoms with Gasteiger partial charge < -0.3 is 0 Å². The summed E-state index contributed by atoms with van der Waals surface area (Å²) >= 11 is 0. The Hall–Kier alpha value is -1.11. The highest BCUT2D eigenvalue weighted by molar-refractivity contribution is 5.85. The van der Waals surface area contributed by atoms with E-state index in [-0.39, 0.29) is 0 Å². The van der Waals surface area contributed by atoms with Crippen LogP contribution in [0, 0.1) is 19.8 Å². The van der Waals surface area contributed by atoms with Crippen LogP contribution in [0.4, 0.5) is 5.69 Å². The van der Waals surface area contributed by atoms with Crippen LogP contribution < -0.4 is 0 Å². The fourth-order valence-corrected chi connectivity index (χ4v) is 1.70. The minimum absolute atomic E-state index is 0.680. The van der Waals surface area contributed by atoms with Gasteiger partial charge in [0.2, 0.25) is 0 Å². The molecular weight excluding hydrogens is 182 g/mol. The summed E-state index contributed by atoms with van der Waals surface area (Å²) < 4.78 is 0. The molecule has 0 saturated carbocycles. The van der Waals surface area contributed by atoms with Crippen molar-refractivity contribution in [1.82, 2.24) is 0 Å². The monoisotopic (exact) mass is 203 g/mol. The van der Waals surface area contributed by atoms with Gasteiger partial charge in [-0.05, 0) is 50.3 Å². The van der Waals surface area contributed by atoms with Gasteiger partial charge in [-0.1, -0.05) is 26.0 Å². The molecule has 0 radical (unpaired) electrons. The van der Waals surface area contributed by atoms with E-state index in [2.05, 4.69) is 57.8 Å². The van der Waals surface area contributed by atoms with Crippen LogP contribution in [0.5, 0.6) is 0 Å². The first-order valence-corrected chi connectivity index (χ1v) is 5.61.